The first-order valence-electron chi connectivity index (χ1n) is 9.31. The summed E-state index contributed by atoms with van der Waals surface area (Å²) < 4.78 is 14.5. The number of amides is 1. The van der Waals surface area contributed by atoms with Gasteiger partial charge in [-0.1, -0.05) is 32.9 Å². The molecule has 1 aliphatic heterocycles. The molecule has 4 heteroatoms. The number of anilines is 2. The number of piperidine rings is 1. The minimum Gasteiger partial charge on any atom is -0.369 e. The first-order chi connectivity index (χ1) is 12.3. The molecule has 0 unspecified atom stereocenters. The van der Waals surface area contributed by atoms with Crippen molar-refractivity contribution < 1.29 is 9.18 Å². The SMILES string of the molecule is CC(C)(C)c1ccc(C(=O)Nc2ccc(N3CCCCC3)c(F)c2)cc1. The van der Waals surface area contributed by atoms with E-state index in [-0.39, 0.29) is 17.1 Å². The molecule has 1 amide bonds. The van der Waals surface area contributed by atoms with Crippen LogP contribution in [0.25, 0.3) is 0 Å². The van der Waals surface area contributed by atoms with Gasteiger partial charge >= 0.3 is 0 Å². The lowest BCUT2D eigenvalue weighted by Gasteiger charge is -2.29. The van der Waals surface area contributed by atoms with E-state index in [0.717, 1.165) is 25.9 Å². The first-order valence-corrected chi connectivity index (χ1v) is 9.31. The van der Waals surface area contributed by atoms with E-state index in [4.69, 9.17) is 0 Å². The predicted molar refractivity (Wildman–Crippen MR) is 106 cm³/mol. The quantitative estimate of drug-likeness (QED) is 0.804. The highest BCUT2D eigenvalue weighted by Crippen LogP contribution is 2.26. The van der Waals surface area contributed by atoms with E-state index >= 15 is 0 Å². The van der Waals surface area contributed by atoms with Gasteiger partial charge in [0.25, 0.3) is 5.91 Å². The zero-order valence-corrected chi connectivity index (χ0v) is 15.8. The molecule has 0 aliphatic carbocycles. The van der Waals surface area contributed by atoms with E-state index in [2.05, 4.69) is 31.0 Å². The van der Waals surface area contributed by atoms with Gasteiger partial charge in [-0.3, -0.25) is 4.79 Å². The molecule has 2 aromatic rings. The highest BCUT2D eigenvalue weighted by Gasteiger charge is 2.17. The maximum Gasteiger partial charge on any atom is 0.255 e. The van der Waals surface area contributed by atoms with Crippen molar-refractivity contribution in [1.29, 1.82) is 0 Å². The van der Waals surface area contributed by atoms with Gasteiger partial charge in [-0.15, -0.1) is 0 Å². The minimum absolute atomic E-state index is 0.0441. The molecule has 3 rings (SSSR count). The molecular weight excluding hydrogens is 327 g/mol. The number of rotatable bonds is 3. The van der Waals surface area contributed by atoms with Crippen LogP contribution in [0.15, 0.2) is 42.5 Å². The monoisotopic (exact) mass is 354 g/mol. The Morgan fingerprint density at radius 2 is 1.65 bits per heavy atom. The number of hydrogen-bond donors (Lipinski definition) is 1. The van der Waals surface area contributed by atoms with Crippen molar-refractivity contribution in [3.05, 3.63) is 59.4 Å². The van der Waals surface area contributed by atoms with E-state index in [1.807, 2.05) is 24.3 Å². The summed E-state index contributed by atoms with van der Waals surface area (Å²) in [4.78, 5) is 14.5. The van der Waals surface area contributed by atoms with Crippen LogP contribution in [0.2, 0.25) is 0 Å². The molecule has 138 valence electrons. The van der Waals surface area contributed by atoms with Gasteiger partial charge in [-0.2, -0.15) is 0 Å². The van der Waals surface area contributed by atoms with Crippen molar-refractivity contribution in [3.63, 3.8) is 0 Å². The van der Waals surface area contributed by atoms with Crippen LogP contribution in [-0.2, 0) is 5.41 Å². The molecule has 0 radical (unpaired) electrons. The van der Waals surface area contributed by atoms with E-state index in [1.54, 1.807) is 12.1 Å². The molecule has 1 aliphatic rings. The van der Waals surface area contributed by atoms with Crippen LogP contribution in [0.4, 0.5) is 15.8 Å². The van der Waals surface area contributed by atoms with Crippen LogP contribution in [0.3, 0.4) is 0 Å². The molecule has 1 fully saturated rings. The van der Waals surface area contributed by atoms with Crippen LogP contribution < -0.4 is 10.2 Å². The van der Waals surface area contributed by atoms with Crippen molar-refractivity contribution in [2.45, 2.75) is 45.4 Å². The van der Waals surface area contributed by atoms with Gasteiger partial charge in [0, 0.05) is 24.3 Å². The Morgan fingerprint density at radius 3 is 2.23 bits per heavy atom. The fraction of sp³-hybridized carbons (Fsp3) is 0.409. The molecule has 3 nitrogen and oxygen atoms in total. The molecule has 0 spiro atoms. The second kappa shape index (κ2) is 7.48. The summed E-state index contributed by atoms with van der Waals surface area (Å²) in [6.07, 6.45) is 3.41. The summed E-state index contributed by atoms with van der Waals surface area (Å²) in [6, 6.07) is 12.5. The van der Waals surface area contributed by atoms with E-state index in [1.165, 1.54) is 18.1 Å². The third-order valence-corrected chi connectivity index (χ3v) is 4.92. The summed E-state index contributed by atoms with van der Waals surface area (Å²) in [6.45, 7) is 8.18. The Labute approximate surface area is 155 Å². The lowest BCUT2D eigenvalue weighted by molar-refractivity contribution is 0.102. The van der Waals surface area contributed by atoms with E-state index in [0.29, 0.717) is 16.9 Å². The summed E-state index contributed by atoms with van der Waals surface area (Å²) >= 11 is 0. The number of halogens is 1. The summed E-state index contributed by atoms with van der Waals surface area (Å²) in [5.41, 5.74) is 2.89. The van der Waals surface area contributed by atoms with Crippen LogP contribution >= 0.6 is 0 Å². The largest absolute Gasteiger partial charge is 0.369 e. The number of nitrogens with zero attached hydrogens (tertiary/aromatic N) is 1. The summed E-state index contributed by atoms with van der Waals surface area (Å²) in [5.74, 6) is -0.511. The molecule has 1 saturated heterocycles. The molecule has 2 aromatic carbocycles. The van der Waals surface area contributed by atoms with Gasteiger partial charge in [0.1, 0.15) is 5.82 Å². The van der Waals surface area contributed by atoms with Gasteiger partial charge < -0.3 is 10.2 Å². The highest BCUT2D eigenvalue weighted by molar-refractivity contribution is 6.04. The maximum absolute atomic E-state index is 14.5. The standard InChI is InChI=1S/C22H27FN2O/c1-22(2,3)17-9-7-16(8-10-17)21(26)24-18-11-12-20(19(23)15-18)25-13-5-4-6-14-25/h7-12,15H,4-6,13-14H2,1-3H3,(H,24,26). The molecule has 0 atom stereocenters. The fourth-order valence-electron chi connectivity index (χ4n) is 3.30. The third-order valence-electron chi connectivity index (χ3n) is 4.92. The van der Waals surface area contributed by atoms with Crippen molar-refractivity contribution in [1.82, 2.24) is 0 Å². The smallest absolute Gasteiger partial charge is 0.255 e. The topological polar surface area (TPSA) is 32.3 Å². The Balaban J connectivity index is 1.70. The van der Waals surface area contributed by atoms with Gasteiger partial charge in [-0.05, 0) is 60.6 Å². The van der Waals surface area contributed by atoms with Crippen molar-refractivity contribution in [3.8, 4) is 0 Å². The van der Waals surface area contributed by atoms with Gasteiger partial charge in [0.15, 0.2) is 0 Å². The zero-order valence-electron chi connectivity index (χ0n) is 15.8. The van der Waals surface area contributed by atoms with Gasteiger partial charge in [0.2, 0.25) is 0 Å². The second-order valence-electron chi connectivity index (χ2n) is 8.00. The van der Waals surface area contributed by atoms with Crippen molar-refractivity contribution >= 4 is 17.3 Å². The summed E-state index contributed by atoms with van der Waals surface area (Å²) in [7, 11) is 0. The number of benzene rings is 2. The third kappa shape index (κ3) is 4.24. The van der Waals surface area contributed by atoms with Crippen molar-refractivity contribution in [2.24, 2.45) is 0 Å². The molecule has 26 heavy (non-hydrogen) atoms. The van der Waals surface area contributed by atoms with Crippen LogP contribution in [-0.4, -0.2) is 19.0 Å². The number of nitrogens with one attached hydrogen (secondary N) is 1. The Morgan fingerprint density at radius 1 is 1.00 bits per heavy atom. The van der Waals surface area contributed by atoms with E-state index < -0.39 is 0 Å². The molecule has 1 N–H and O–H groups in total. The molecule has 0 saturated carbocycles. The van der Waals surface area contributed by atoms with Gasteiger partial charge in [-0.25, -0.2) is 4.39 Å². The normalized spacial score (nSPS) is 15.0. The zero-order chi connectivity index (χ0) is 18.7. The molecule has 1 heterocycles. The second-order valence-corrected chi connectivity index (χ2v) is 8.00. The van der Waals surface area contributed by atoms with Gasteiger partial charge in [0.05, 0.1) is 5.69 Å². The van der Waals surface area contributed by atoms with Crippen LogP contribution in [0.1, 0.15) is 56.0 Å². The number of carbonyl (C=O) groups excluding carboxylic acids is 1. The van der Waals surface area contributed by atoms with Crippen molar-refractivity contribution in [2.75, 3.05) is 23.3 Å². The first kappa shape index (κ1) is 18.4. The lowest BCUT2D eigenvalue weighted by Crippen LogP contribution is -2.30. The average Bonchev–Trinajstić information content (AvgIpc) is 2.62. The van der Waals surface area contributed by atoms with Crippen LogP contribution in [0, 0.1) is 5.82 Å². The molecule has 0 bridgehead atoms. The average molecular weight is 354 g/mol. The lowest BCUT2D eigenvalue weighted by atomic mass is 9.87. The molecular formula is C22H27FN2O. The maximum atomic E-state index is 14.5. The van der Waals surface area contributed by atoms with E-state index in [9.17, 15) is 9.18 Å². The predicted octanol–water partition coefficient (Wildman–Crippen LogP) is 5.37. The summed E-state index contributed by atoms with van der Waals surface area (Å²) in [5, 5.41) is 2.79. The molecule has 0 aromatic heterocycles. The Bertz CT molecular complexity index is 772. The fourth-order valence-corrected chi connectivity index (χ4v) is 3.30. The number of carbonyl (C=O) groups is 1. The number of hydrogen-bond acceptors (Lipinski definition) is 2. The Kier molecular flexibility index (Phi) is 5.30. The van der Waals surface area contributed by atoms with Crippen LogP contribution in [0.5, 0.6) is 0 Å². The minimum atomic E-state index is -0.284. The Hall–Kier alpha value is -2.36. The highest BCUT2D eigenvalue weighted by atomic mass is 19.1.